The molecule has 1 aliphatic heterocycles. The number of ether oxygens (including phenoxy) is 4. The number of carbonyl (C=O) groups excluding carboxylic acids is 2. The van der Waals surface area contributed by atoms with Crippen LogP contribution in [0.1, 0.15) is 43.6 Å². The number of methoxy groups -OCH3 is 2. The number of nitrogens with one attached hydrogen (secondary N) is 5. The molecular weight excluding hydrogens is 809 g/mol. The number of amides is 3. The highest BCUT2D eigenvalue weighted by Gasteiger charge is 2.43. The molecular formula is C43H50N6O11S. The summed E-state index contributed by atoms with van der Waals surface area (Å²) in [5.41, 5.74) is 2.02. The molecule has 0 saturated carbocycles. The van der Waals surface area contributed by atoms with Gasteiger partial charge in [0.05, 0.1) is 61.9 Å². The first-order valence-electron chi connectivity index (χ1n) is 19.2. The number of hydrogen-bond donors (Lipinski definition) is 8. The lowest BCUT2D eigenvalue weighted by Gasteiger charge is -2.41. The van der Waals surface area contributed by atoms with Crippen LogP contribution in [0, 0.1) is 0 Å². The van der Waals surface area contributed by atoms with Crippen molar-refractivity contribution in [3.8, 4) is 23.0 Å². The molecule has 61 heavy (non-hydrogen) atoms. The second-order valence-corrected chi connectivity index (χ2v) is 17.3. The largest absolute Gasteiger partial charge is 0.496 e. The molecule has 17 nitrogen and oxygen atoms in total. The van der Waals surface area contributed by atoms with Gasteiger partial charge in [-0.2, -0.15) is 0 Å². The minimum atomic E-state index is -3.66. The minimum Gasteiger partial charge on any atom is -0.496 e. The molecule has 8 N–H and O–H groups in total. The fraction of sp³-hybridized carbons (Fsp3) is 0.326. The number of nitrogens with zero attached hydrogens (tertiary/aromatic N) is 1. The number of fused-ring (bicyclic) bond motifs is 1. The van der Waals surface area contributed by atoms with Crippen LogP contribution in [-0.4, -0.2) is 98.2 Å². The van der Waals surface area contributed by atoms with Crippen molar-refractivity contribution >= 4 is 61.3 Å². The molecule has 0 radical (unpaired) electrons. The summed E-state index contributed by atoms with van der Waals surface area (Å²) in [7, 11) is -0.861. The van der Waals surface area contributed by atoms with Gasteiger partial charge >= 0.3 is 6.03 Å². The van der Waals surface area contributed by atoms with Gasteiger partial charge < -0.3 is 55.5 Å². The fourth-order valence-electron chi connectivity index (χ4n) is 6.90. The van der Waals surface area contributed by atoms with Crippen LogP contribution >= 0.6 is 0 Å². The van der Waals surface area contributed by atoms with Crippen molar-refractivity contribution in [2.75, 3.05) is 47.8 Å². The quantitative estimate of drug-likeness (QED) is 0.0710. The van der Waals surface area contributed by atoms with E-state index in [2.05, 4.69) is 31.0 Å². The number of hydrogen-bond acceptors (Lipinski definition) is 13. The molecule has 6 rings (SSSR count). The summed E-state index contributed by atoms with van der Waals surface area (Å²) >= 11 is 0. The SMILES string of the molecule is COc1cc(Nc2cc(Oc3ccc(NC(=O)Nc4cc(C(C)(C)C)cc(NS(C)(=O)=O)c4OC)c4ccccc34)ccn2)ccc1C(=O)N[C@H]1C(C)O[C@H](CO)[C@@H](O)[C@@H]1O. The zero-order valence-corrected chi connectivity index (χ0v) is 35.5. The molecule has 1 aliphatic rings. The Morgan fingerprint density at radius 1 is 0.852 bits per heavy atom. The summed E-state index contributed by atoms with van der Waals surface area (Å²) in [6, 6.07) is 20.9. The van der Waals surface area contributed by atoms with Crippen molar-refractivity contribution in [2.24, 2.45) is 0 Å². The standard InChI is InChI=1S/C43H50N6O11S/c1-23-37(39(52)38(51)35(22-50)59-23)48-41(53)29-13-12-25(20-34(29)57-5)45-36-21-26(16-17-44-36)60-33-15-14-30(27-10-8-9-11-28(27)33)46-42(54)47-31-18-24(43(2,3)4)19-32(40(31)58-6)49-61(7,55)56/h8-21,23,35,37-39,49-52H,22H2,1-7H3,(H,44,45)(H,48,53)(H2,46,47,54)/t23?,35-,37+,38-,39-/m1/s1. The van der Waals surface area contributed by atoms with E-state index in [9.17, 15) is 33.3 Å². The summed E-state index contributed by atoms with van der Waals surface area (Å²) in [4.78, 5) is 31.2. The Balaban J connectivity index is 1.17. The van der Waals surface area contributed by atoms with E-state index >= 15 is 0 Å². The van der Waals surface area contributed by atoms with Gasteiger partial charge in [-0.05, 0) is 60.4 Å². The summed E-state index contributed by atoms with van der Waals surface area (Å²) in [5.74, 6) is 1.16. The van der Waals surface area contributed by atoms with Crippen LogP contribution in [0.25, 0.3) is 10.8 Å². The number of anilines is 5. The highest BCUT2D eigenvalue weighted by molar-refractivity contribution is 7.92. The lowest BCUT2D eigenvalue weighted by atomic mass is 9.86. The zero-order valence-electron chi connectivity index (χ0n) is 34.6. The molecule has 1 aromatic heterocycles. The average molecular weight is 859 g/mol. The molecule has 5 aromatic rings. The Kier molecular flexibility index (Phi) is 13.2. The van der Waals surface area contributed by atoms with E-state index in [1.165, 1.54) is 14.2 Å². The van der Waals surface area contributed by atoms with Gasteiger partial charge in [0.25, 0.3) is 5.91 Å². The van der Waals surface area contributed by atoms with Gasteiger partial charge in [-0.3, -0.25) is 9.52 Å². The van der Waals surface area contributed by atoms with Crippen molar-refractivity contribution in [1.82, 2.24) is 10.3 Å². The predicted molar refractivity (Wildman–Crippen MR) is 232 cm³/mol. The Hall–Kier alpha value is -6.18. The molecule has 324 valence electrons. The van der Waals surface area contributed by atoms with E-state index in [4.69, 9.17) is 18.9 Å². The topological polar surface area (TPSA) is 239 Å². The number of aliphatic hydroxyl groups is 3. The van der Waals surface area contributed by atoms with E-state index in [1.807, 2.05) is 45.0 Å². The van der Waals surface area contributed by atoms with Crippen LogP contribution in [-0.2, 0) is 20.2 Å². The van der Waals surface area contributed by atoms with E-state index in [0.29, 0.717) is 39.5 Å². The zero-order chi connectivity index (χ0) is 44.2. The number of pyridine rings is 1. The van der Waals surface area contributed by atoms with Gasteiger partial charge in [0, 0.05) is 34.8 Å². The predicted octanol–water partition coefficient (Wildman–Crippen LogP) is 5.70. The number of sulfonamides is 1. The third kappa shape index (κ3) is 10.4. The van der Waals surface area contributed by atoms with E-state index in [-0.39, 0.29) is 33.9 Å². The molecule has 4 aromatic carbocycles. The van der Waals surface area contributed by atoms with E-state index in [1.54, 1.807) is 67.7 Å². The van der Waals surface area contributed by atoms with Crippen LogP contribution in [0.5, 0.6) is 23.0 Å². The summed E-state index contributed by atoms with van der Waals surface area (Å²) in [6.07, 6.45) is -1.82. The van der Waals surface area contributed by atoms with Crippen LogP contribution < -0.4 is 40.2 Å². The van der Waals surface area contributed by atoms with Crippen molar-refractivity contribution in [2.45, 2.75) is 63.6 Å². The molecule has 18 heteroatoms. The molecule has 0 spiro atoms. The Morgan fingerprint density at radius 3 is 2.23 bits per heavy atom. The molecule has 1 saturated heterocycles. The number of rotatable bonds is 13. The summed E-state index contributed by atoms with van der Waals surface area (Å²) < 4.78 is 49.8. The number of benzene rings is 4. The van der Waals surface area contributed by atoms with Crippen molar-refractivity contribution in [3.05, 3.63) is 96.2 Å². The highest BCUT2D eigenvalue weighted by atomic mass is 32.2. The van der Waals surface area contributed by atoms with Crippen LogP contribution in [0.3, 0.4) is 0 Å². The normalized spacial score (nSPS) is 19.1. The van der Waals surface area contributed by atoms with Gasteiger partial charge in [-0.25, -0.2) is 18.2 Å². The third-order valence-corrected chi connectivity index (χ3v) is 10.6. The minimum absolute atomic E-state index is 0.148. The molecule has 0 bridgehead atoms. The van der Waals surface area contributed by atoms with Gasteiger partial charge in [-0.15, -0.1) is 0 Å². The molecule has 5 atom stereocenters. The molecule has 1 unspecified atom stereocenters. The molecule has 1 fully saturated rings. The maximum atomic E-state index is 13.5. The summed E-state index contributed by atoms with van der Waals surface area (Å²) in [6.45, 7) is 7.05. The average Bonchev–Trinajstić information content (AvgIpc) is 3.20. The maximum absolute atomic E-state index is 13.5. The first-order valence-corrected chi connectivity index (χ1v) is 21.1. The monoisotopic (exact) mass is 858 g/mol. The van der Waals surface area contributed by atoms with Crippen LogP contribution in [0.4, 0.5) is 33.4 Å². The van der Waals surface area contributed by atoms with Crippen LogP contribution in [0.2, 0.25) is 0 Å². The van der Waals surface area contributed by atoms with Crippen LogP contribution in [0.15, 0.2) is 85.1 Å². The Labute approximate surface area is 353 Å². The maximum Gasteiger partial charge on any atom is 0.323 e. The second kappa shape index (κ2) is 18.2. The van der Waals surface area contributed by atoms with Gasteiger partial charge in [0.2, 0.25) is 10.0 Å². The van der Waals surface area contributed by atoms with E-state index in [0.717, 1.165) is 11.8 Å². The lowest BCUT2D eigenvalue weighted by molar-refractivity contribution is -0.187. The van der Waals surface area contributed by atoms with E-state index < -0.39 is 59.0 Å². The third-order valence-electron chi connectivity index (χ3n) is 9.98. The number of carbonyl (C=O) groups is 2. The molecule has 0 aliphatic carbocycles. The molecule has 3 amide bonds. The first kappa shape index (κ1) is 44.4. The fourth-order valence-corrected chi connectivity index (χ4v) is 7.45. The van der Waals surface area contributed by atoms with Crippen molar-refractivity contribution in [3.63, 3.8) is 0 Å². The highest BCUT2D eigenvalue weighted by Crippen LogP contribution is 2.40. The number of aliphatic hydroxyl groups excluding tert-OH is 3. The van der Waals surface area contributed by atoms with Gasteiger partial charge in [0.1, 0.15) is 41.4 Å². The van der Waals surface area contributed by atoms with Gasteiger partial charge in [0.15, 0.2) is 5.75 Å². The Bertz CT molecular complexity index is 2530. The Morgan fingerprint density at radius 2 is 1.56 bits per heavy atom. The van der Waals surface area contributed by atoms with Crippen molar-refractivity contribution < 1.29 is 52.3 Å². The number of aromatic nitrogens is 1. The first-order chi connectivity index (χ1) is 28.9. The smallest absolute Gasteiger partial charge is 0.323 e. The lowest BCUT2D eigenvalue weighted by Crippen LogP contribution is -2.63. The second-order valence-electron chi connectivity index (χ2n) is 15.5. The van der Waals surface area contributed by atoms with Crippen molar-refractivity contribution in [1.29, 1.82) is 0 Å². The molecule has 2 heterocycles. The number of urea groups is 1. The summed E-state index contributed by atoms with van der Waals surface area (Å²) in [5, 5.41) is 43.4. The van der Waals surface area contributed by atoms with Gasteiger partial charge in [-0.1, -0.05) is 45.0 Å².